The first kappa shape index (κ1) is 26.1. The molecule has 2 aromatic carbocycles. The maximum atomic E-state index is 14.0. The molecule has 1 aliphatic rings. The Morgan fingerprint density at radius 2 is 1.87 bits per heavy atom. The normalized spacial score (nSPS) is 15.4. The molecule has 3 heterocycles. The monoisotopic (exact) mass is 564 g/mol. The molecule has 5 rings (SSSR count). The van der Waals surface area contributed by atoms with Gasteiger partial charge in [0.25, 0.3) is 5.68 Å². The molecule has 12 heteroatoms. The molecule has 0 bridgehead atoms. The fourth-order valence-electron chi connectivity index (χ4n) is 4.52. The van der Waals surface area contributed by atoms with Crippen LogP contribution >= 0.6 is 23.2 Å². The zero-order chi connectivity index (χ0) is 27.2. The molecule has 7 nitrogen and oxygen atoms in total. The summed E-state index contributed by atoms with van der Waals surface area (Å²) in [6.45, 7) is 1.99. The van der Waals surface area contributed by atoms with Gasteiger partial charge in [0.15, 0.2) is 11.5 Å². The predicted molar refractivity (Wildman–Crippen MR) is 133 cm³/mol. The third-order valence-corrected chi connectivity index (χ3v) is 7.10. The SMILES string of the molecule is CCn1cc(-c2cc(Cn3ccoc3=N)cc3c2OC[C@H](Cc2ccc(Cl)c(Cl)c2)C3=O)c(C(F)(F)F)n1. The average Bonchev–Trinajstić information content (AvgIpc) is 3.49. The van der Waals surface area contributed by atoms with Crippen molar-refractivity contribution in [3.05, 3.63) is 87.1 Å². The van der Waals surface area contributed by atoms with Crippen LogP contribution in [0.2, 0.25) is 10.0 Å². The Hall–Kier alpha value is -3.50. The number of hydrogen-bond acceptors (Lipinski definition) is 5. The molecule has 1 aliphatic heterocycles. The number of aromatic nitrogens is 3. The Morgan fingerprint density at radius 1 is 1.11 bits per heavy atom. The third-order valence-electron chi connectivity index (χ3n) is 6.36. The van der Waals surface area contributed by atoms with Crippen molar-refractivity contribution in [1.29, 1.82) is 5.41 Å². The van der Waals surface area contributed by atoms with E-state index in [1.807, 2.05) is 0 Å². The maximum Gasteiger partial charge on any atom is 0.435 e. The van der Waals surface area contributed by atoms with Gasteiger partial charge in [-0.05, 0) is 48.7 Å². The second-order valence-electron chi connectivity index (χ2n) is 8.93. The van der Waals surface area contributed by atoms with E-state index in [1.54, 1.807) is 31.2 Å². The van der Waals surface area contributed by atoms with Crippen molar-refractivity contribution in [2.45, 2.75) is 32.6 Å². The highest BCUT2D eigenvalue weighted by molar-refractivity contribution is 6.42. The van der Waals surface area contributed by atoms with E-state index in [0.29, 0.717) is 22.0 Å². The second-order valence-corrected chi connectivity index (χ2v) is 9.74. The zero-order valence-electron chi connectivity index (χ0n) is 20.0. The fourth-order valence-corrected chi connectivity index (χ4v) is 4.84. The number of aryl methyl sites for hydroxylation is 1. The van der Waals surface area contributed by atoms with Gasteiger partial charge in [-0.1, -0.05) is 29.3 Å². The lowest BCUT2D eigenvalue weighted by molar-refractivity contribution is -0.141. The van der Waals surface area contributed by atoms with Crippen molar-refractivity contribution < 1.29 is 27.1 Å². The number of ether oxygens (including phenoxy) is 1. The molecular weight excluding hydrogens is 544 g/mol. The standard InChI is InChI=1S/C26H21Cl2F3N4O3/c1-2-35-12-19(24(33-35)26(29,30)31)17-8-15(11-34-5-6-37-25(34)32)9-18-22(36)16(13-38-23(17)18)7-14-3-4-20(27)21(28)10-14/h3-6,8-10,12,16,32H,2,7,11,13H2,1H3/t16-/m0/s1. The number of carbonyl (C=O) groups excluding carboxylic acids is 1. The number of oxazole rings is 1. The lowest BCUT2D eigenvalue weighted by atomic mass is 9.86. The summed E-state index contributed by atoms with van der Waals surface area (Å²) in [5.74, 6) is -0.773. The van der Waals surface area contributed by atoms with Gasteiger partial charge in [0.05, 0.1) is 34.7 Å². The molecule has 1 atom stereocenters. The summed E-state index contributed by atoms with van der Waals surface area (Å²) in [5.41, 5.74) is 0.171. The van der Waals surface area contributed by atoms with Gasteiger partial charge in [-0.25, -0.2) is 0 Å². The lowest BCUT2D eigenvalue weighted by Gasteiger charge is -2.27. The van der Waals surface area contributed by atoms with Crippen molar-refractivity contribution in [1.82, 2.24) is 14.3 Å². The second kappa shape index (κ2) is 9.99. The molecule has 4 aromatic rings. The Morgan fingerprint density at radius 3 is 2.53 bits per heavy atom. The molecule has 0 fully saturated rings. The minimum Gasteiger partial charge on any atom is -0.491 e. The van der Waals surface area contributed by atoms with Gasteiger partial charge < -0.3 is 9.15 Å². The molecule has 0 spiro atoms. The zero-order valence-corrected chi connectivity index (χ0v) is 21.5. The van der Waals surface area contributed by atoms with Gasteiger partial charge >= 0.3 is 6.18 Å². The van der Waals surface area contributed by atoms with E-state index >= 15 is 0 Å². The van der Waals surface area contributed by atoms with Crippen molar-refractivity contribution in [3.8, 4) is 16.9 Å². The molecule has 2 aromatic heterocycles. The number of ketones is 1. The van der Waals surface area contributed by atoms with Gasteiger partial charge in [-0.2, -0.15) is 18.3 Å². The van der Waals surface area contributed by atoms with Gasteiger partial charge in [0.1, 0.15) is 12.0 Å². The van der Waals surface area contributed by atoms with Gasteiger partial charge in [0, 0.05) is 30.1 Å². The molecule has 0 saturated heterocycles. The molecule has 1 N–H and O–H groups in total. The summed E-state index contributed by atoms with van der Waals surface area (Å²) >= 11 is 12.1. The number of nitrogens with zero attached hydrogens (tertiary/aromatic N) is 3. The number of fused-ring (bicyclic) bond motifs is 1. The van der Waals surface area contributed by atoms with Crippen LogP contribution in [0, 0.1) is 11.3 Å². The number of benzene rings is 2. The van der Waals surface area contributed by atoms with Crippen LogP contribution in [0.15, 0.2) is 53.4 Å². The molecule has 0 saturated carbocycles. The molecular formula is C26H21Cl2F3N4O3. The van der Waals surface area contributed by atoms with Crippen molar-refractivity contribution >= 4 is 29.0 Å². The first-order valence-corrected chi connectivity index (χ1v) is 12.4. The minimum absolute atomic E-state index is 0.0188. The Balaban J connectivity index is 1.62. The van der Waals surface area contributed by atoms with E-state index in [9.17, 15) is 18.0 Å². The highest BCUT2D eigenvalue weighted by Gasteiger charge is 2.40. The van der Waals surface area contributed by atoms with Crippen LogP contribution in [0.1, 0.15) is 34.1 Å². The van der Waals surface area contributed by atoms with E-state index in [0.717, 1.165) is 5.56 Å². The van der Waals surface area contributed by atoms with Crippen LogP contribution < -0.4 is 10.4 Å². The average molecular weight is 565 g/mol. The fraction of sp³-hybridized carbons (Fsp3) is 0.269. The minimum atomic E-state index is -4.72. The van der Waals surface area contributed by atoms with Crippen LogP contribution in [0.25, 0.3) is 11.1 Å². The summed E-state index contributed by atoms with van der Waals surface area (Å²) in [5, 5.41) is 12.4. The number of hydrogen-bond donors (Lipinski definition) is 1. The molecule has 0 amide bonds. The first-order valence-electron chi connectivity index (χ1n) is 11.7. The number of rotatable bonds is 6. The topological polar surface area (TPSA) is 86.0 Å². The quantitative estimate of drug-likeness (QED) is 0.300. The maximum absolute atomic E-state index is 14.0. The number of alkyl halides is 3. The van der Waals surface area contributed by atoms with E-state index in [2.05, 4.69) is 5.10 Å². The highest BCUT2D eigenvalue weighted by atomic mass is 35.5. The molecule has 0 unspecified atom stereocenters. The summed E-state index contributed by atoms with van der Waals surface area (Å²) in [6.07, 6.45) is -0.247. The summed E-state index contributed by atoms with van der Waals surface area (Å²) in [6, 6.07) is 8.21. The van der Waals surface area contributed by atoms with Crippen LogP contribution in [-0.2, 0) is 25.7 Å². The lowest BCUT2D eigenvalue weighted by Crippen LogP contribution is -2.30. The van der Waals surface area contributed by atoms with Crippen molar-refractivity contribution in [2.75, 3.05) is 6.61 Å². The summed E-state index contributed by atoms with van der Waals surface area (Å²) in [7, 11) is 0. The molecule has 38 heavy (non-hydrogen) atoms. The van der Waals surface area contributed by atoms with Crippen molar-refractivity contribution in [3.63, 3.8) is 0 Å². The predicted octanol–water partition coefficient (Wildman–Crippen LogP) is 6.25. The van der Waals surface area contributed by atoms with E-state index < -0.39 is 17.8 Å². The third kappa shape index (κ3) is 4.98. The highest BCUT2D eigenvalue weighted by Crippen LogP contribution is 2.44. The molecule has 0 radical (unpaired) electrons. The van der Waals surface area contributed by atoms with Crippen molar-refractivity contribution in [2.24, 2.45) is 5.92 Å². The number of Topliss-reactive ketones (excluding diaryl/α,β-unsaturated/α-hetero) is 1. The number of carbonyl (C=O) groups is 1. The smallest absolute Gasteiger partial charge is 0.435 e. The first-order chi connectivity index (χ1) is 18.0. The van der Waals surface area contributed by atoms with E-state index in [4.69, 9.17) is 37.8 Å². The summed E-state index contributed by atoms with van der Waals surface area (Å²) < 4.78 is 55.6. The van der Waals surface area contributed by atoms with Crippen LogP contribution in [-0.4, -0.2) is 26.7 Å². The Bertz CT molecular complexity index is 1590. The molecule has 0 aliphatic carbocycles. The number of halogens is 5. The van der Waals surface area contributed by atoms with Crippen LogP contribution in [0.5, 0.6) is 5.75 Å². The van der Waals surface area contributed by atoms with E-state index in [1.165, 1.54) is 34.0 Å². The largest absolute Gasteiger partial charge is 0.491 e. The van der Waals surface area contributed by atoms with Gasteiger partial charge in [-0.15, -0.1) is 0 Å². The number of nitrogens with one attached hydrogen (secondary N) is 1. The van der Waals surface area contributed by atoms with Crippen LogP contribution in [0.3, 0.4) is 0 Å². The summed E-state index contributed by atoms with van der Waals surface area (Å²) in [4.78, 5) is 13.7. The van der Waals surface area contributed by atoms with Gasteiger partial charge in [-0.3, -0.25) is 19.5 Å². The van der Waals surface area contributed by atoms with Crippen LogP contribution in [0.4, 0.5) is 13.2 Å². The molecule has 198 valence electrons. The van der Waals surface area contributed by atoms with E-state index in [-0.39, 0.29) is 53.6 Å². The van der Waals surface area contributed by atoms with Gasteiger partial charge in [0.2, 0.25) is 0 Å². The Kier molecular flexibility index (Phi) is 6.87. The Labute approximate surface area is 224 Å².